The van der Waals surface area contributed by atoms with E-state index in [1.54, 1.807) is 0 Å². The Morgan fingerprint density at radius 2 is 1.85 bits per heavy atom. The van der Waals surface area contributed by atoms with Gasteiger partial charge in [0.05, 0.1) is 12.7 Å². The van der Waals surface area contributed by atoms with Crippen LogP contribution in [0.3, 0.4) is 0 Å². The van der Waals surface area contributed by atoms with Gasteiger partial charge in [0.25, 0.3) is 0 Å². The third-order valence-corrected chi connectivity index (χ3v) is 2.65. The van der Waals surface area contributed by atoms with Gasteiger partial charge < -0.3 is 9.73 Å². The first-order chi connectivity index (χ1) is 9.47. The van der Waals surface area contributed by atoms with E-state index in [1.165, 1.54) is 6.20 Å². The highest BCUT2D eigenvalue weighted by Gasteiger charge is 2.14. The first-order valence-electron chi connectivity index (χ1n) is 6.27. The summed E-state index contributed by atoms with van der Waals surface area (Å²) in [6.45, 7) is 5.36. The number of hydrogen-bond donors (Lipinski definition) is 1. The predicted molar refractivity (Wildman–Crippen MR) is 68.4 cm³/mol. The monoisotopic (exact) mass is 284 g/mol. The highest BCUT2D eigenvalue weighted by molar-refractivity contribution is 5.56. The largest absolute Gasteiger partial charge is 0.439 e. The van der Waals surface area contributed by atoms with E-state index in [0.717, 1.165) is 18.7 Å². The van der Waals surface area contributed by atoms with Gasteiger partial charge in [-0.15, -0.1) is 0 Å². The van der Waals surface area contributed by atoms with Crippen LogP contribution in [0, 0.1) is 23.4 Å². The number of benzene rings is 1. The molecule has 20 heavy (non-hydrogen) atoms. The molecule has 0 aliphatic heterocycles. The minimum absolute atomic E-state index is 0.115. The first kappa shape index (κ1) is 14.6. The van der Waals surface area contributed by atoms with Crippen molar-refractivity contribution in [2.75, 3.05) is 6.54 Å². The SMILES string of the molecule is CC(C)CNCc1ncc(-c2cc(F)c(F)c(F)c2)o1. The number of halogens is 3. The first-order valence-corrected chi connectivity index (χ1v) is 6.27. The molecule has 0 unspecified atom stereocenters. The molecule has 2 aromatic rings. The number of oxazole rings is 1. The maximum Gasteiger partial charge on any atom is 0.208 e. The lowest BCUT2D eigenvalue weighted by molar-refractivity contribution is 0.443. The quantitative estimate of drug-likeness (QED) is 0.854. The Morgan fingerprint density at radius 1 is 1.20 bits per heavy atom. The van der Waals surface area contributed by atoms with Crippen LogP contribution < -0.4 is 5.32 Å². The normalized spacial score (nSPS) is 11.3. The molecule has 0 aliphatic carbocycles. The van der Waals surface area contributed by atoms with E-state index in [-0.39, 0.29) is 11.3 Å². The van der Waals surface area contributed by atoms with Crippen molar-refractivity contribution in [2.24, 2.45) is 5.92 Å². The van der Waals surface area contributed by atoms with Gasteiger partial charge in [0.2, 0.25) is 5.89 Å². The summed E-state index contributed by atoms with van der Waals surface area (Å²) in [7, 11) is 0. The van der Waals surface area contributed by atoms with Crippen molar-refractivity contribution in [3.63, 3.8) is 0 Å². The number of nitrogens with one attached hydrogen (secondary N) is 1. The average molecular weight is 284 g/mol. The van der Waals surface area contributed by atoms with Gasteiger partial charge in [-0.3, -0.25) is 0 Å². The lowest BCUT2D eigenvalue weighted by Gasteiger charge is -2.04. The van der Waals surface area contributed by atoms with Crippen LogP contribution in [0.25, 0.3) is 11.3 Å². The van der Waals surface area contributed by atoms with Gasteiger partial charge in [0.1, 0.15) is 0 Å². The van der Waals surface area contributed by atoms with E-state index in [4.69, 9.17) is 4.42 Å². The van der Waals surface area contributed by atoms with Gasteiger partial charge in [-0.05, 0) is 24.6 Å². The topological polar surface area (TPSA) is 38.1 Å². The molecule has 6 heteroatoms. The predicted octanol–water partition coefficient (Wildman–Crippen LogP) is 3.50. The summed E-state index contributed by atoms with van der Waals surface area (Å²) in [5.74, 6) is -2.90. The fourth-order valence-electron chi connectivity index (χ4n) is 1.69. The molecule has 3 nitrogen and oxygen atoms in total. The third kappa shape index (κ3) is 3.39. The van der Waals surface area contributed by atoms with E-state index in [1.807, 2.05) is 0 Å². The molecule has 1 heterocycles. The maximum atomic E-state index is 13.1. The Bertz CT molecular complexity index is 573. The zero-order valence-electron chi connectivity index (χ0n) is 11.2. The summed E-state index contributed by atoms with van der Waals surface area (Å²) in [6.07, 6.45) is 1.36. The van der Waals surface area contributed by atoms with E-state index < -0.39 is 17.5 Å². The van der Waals surface area contributed by atoms with Gasteiger partial charge in [-0.25, -0.2) is 18.2 Å². The van der Waals surface area contributed by atoms with Crippen LogP contribution in [0.4, 0.5) is 13.2 Å². The van der Waals surface area contributed by atoms with Crippen molar-refractivity contribution in [2.45, 2.75) is 20.4 Å². The van der Waals surface area contributed by atoms with E-state index in [9.17, 15) is 13.2 Å². The van der Waals surface area contributed by atoms with Crippen LogP contribution in [-0.4, -0.2) is 11.5 Å². The van der Waals surface area contributed by atoms with Crippen LogP contribution >= 0.6 is 0 Å². The lowest BCUT2D eigenvalue weighted by Crippen LogP contribution is -2.18. The third-order valence-electron chi connectivity index (χ3n) is 2.65. The fourth-order valence-corrected chi connectivity index (χ4v) is 1.69. The molecule has 0 fully saturated rings. The van der Waals surface area contributed by atoms with Gasteiger partial charge in [0.15, 0.2) is 23.2 Å². The van der Waals surface area contributed by atoms with Crippen molar-refractivity contribution >= 4 is 0 Å². The van der Waals surface area contributed by atoms with Crippen LogP contribution in [0.2, 0.25) is 0 Å². The molecule has 1 aromatic carbocycles. The Hall–Kier alpha value is -1.82. The summed E-state index contributed by atoms with van der Waals surface area (Å²) in [4.78, 5) is 4.00. The summed E-state index contributed by atoms with van der Waals surface area (Å²) in [6, 6.07) is 1.76. The maximum absolute atomic E-state index is 13.1. The second-order valence-corrected chi connectivity index (χ2v) is 4.90. The molecular formula is C14H15F3N2O. The molecule has 0 saturated heterocycles. The molecule has 0 radical (unpaired) electrons. The smallest absolute Gasteiger partial charge is 0.208 e. The Morgan fingerprint density at radius 3 is 2.45 bits per heavy atom. The summed E-state index contributed by atoms with van der Waals surface area (Å²) in [5, 5.41) is 3.13. The molecule has 0 bridgehead atoms. The molecule has 0 spiro atoms. The van der Waals surface area contributed by atoms with Gasteiger partial charge in [0, 0.05) is 5.56 Å². The van der Waals surface area contributed by atoms with Crippen molar-refractivity contribution < 1.29 is 17.6 Å². The highest BCUT2D eigenvalue weighted by atomic mass is 19.2. The van der Waals surface area contributed by atoms with Crippen LogP contribution in [0.1, 0.15) is 19.7 Å². The standard InChI is InChI=1S/C14H15F3N2O/c1-8(2)5-18-7-13-19-6-12(20-13)9-3-10(15)14(17)11(16)4-9/h3-4,6,8,18H,5,7H2,1-2H3. The van der Waals surface area contributed by atoms with Gasteiger partial charge >= 0.3 is 0 Å². The molecule has 0 saturated carbocycles. The lowest BCUT2D eigenvalue weighted by atomic mass is 10.1. The van der Waals surface area contributed by atoms with Gasteiger partial charge in [-0.2, -0.15) is 0 Å². The molecule has 1 aromatic heterocycles. The van der Waals surface area contributed by atoms with Crippen LogP contribution in [-0.2, 0) is 6.54 Å². The van der Waals surface area contributed by atoms with Gasteiger partial charge in [-0.1, -0.05) is 13.8 Å². The number of rotatable bonds is 5. The second kappa shape index (κ2) is 6.09. The molecule has 108 valence electrons. The molecule has 0 aliphatic rings. The molecule has 0 amide bonds. The number of hydrogen-bond acceptors (Lipinski definition) is 3. The summed E-state index contributed by atoms with van der Waals surface area (Å²) < 4.78 is 44.5. The van der Waals surface area contributed by atoms with Crippen molar-refractivity contribution in [3.05, 3.63) is 41.7 Å². The van der Waals surface area contributed by atoms with E-state index in [2.05, 4.69) is 24.1 Å². The number of nitrogens with zero attached hydrogens (tertiary/aromatic N) is 1. The molecular weight excluding hydrogens is 269 g/mol. The minimum atomic E-state index is -1.49. The van der Waals surface area contributed by atoms with E-state index in [0.29, 0.717) is 18.4 Å². The van der Waals surface area contributed by atoms with Crippen molar-refractivity contribution in [3.8, 4) is 11.3 Å². The summed E-state index contributed by atoms with van der Waals surface area (Å²) in [5.41, 5.74) is 0.115. The second-order valence-electron chi connectivity index (χ2n) is 4.90. The Kier molecular flexibility index (Phi) is 4.44. The number of aromatic nitrogens is 1. The van der Waals surface area contributed by atoms with Crippen LogP contribution in [0.5, 0.6) is 0 Å². The van der Waals surface area contributed by atoms with Crippen molar-refractivity contribution in [1.29, 1.82) is 0 Å². The minimum Gasteiger partial charge on any atom is -0.439 e. The zero-order chi connectivity index (χ0) is 14.7. The van der Waals surface area contributed by atoms with Crippen molar-refractivity contribution in [1.82, 2.24) is 10.3 Å². The van der Waals surface area contributed by atoms with Crippen LogP contribution in [0.15, 0.2) is 22.7 Å². The Balaban J connectivity index is 2.12. The fraction of sp³-hybridized carbons (Fsp3) is 0.357. The average Bonchev–Trinajstić information content (AvgIpc) is 2.83. The van der Waals surface area contributed by atoms with E-state index >= 15 is 0 Å². The summed E-state index contributed by atoms with van der Waals surface area (Å²) >= 11 is 0. The molecule has 2 rings (SSSR count). The molecule has 1 N–H and O–H groups in total. The highest BCUT2D eigenvalue weighted by Crippen LogP contribution is 2.24. The zero-order valence-corrected chi connectivity index (χ0v) is 11.2. The molecule has 0 atom stereocenters. The Labute approximate surface area is 114 Å².